The first kappa shape index (κ1) is 15.5. The minimum absolute atomic E-state index is 0.269. The van der Waals surface area contributed by atoms with Gasteiger partial charge in [-0.15, -0.1) is 5.10 Å². The lowest BCUT2D eigenvalue weighted by Crippen LogP contribution is -2.27. The first-order chi connectivity index (χ1) is 10.3. The first-order valence-corrected chi connectivity index (χ1v) is 6.20. The van der Waals surface area contributed by atoms with E-state index in [0.717, 1.165) is 16.8 Å². The molecule has 0 atom stereocenters. The van der Waals surface area contributed by atoms with Crippen LogP contribution in [0.25, 0.3) is 0 Å². The molecule has 1 aromatic carbocycles. The van der Waals surface area contributed by atoms with E-state index in [1.807, 2.05) is 0 Å². The number of carbonyl (C=O) groups is 2. The van der Waals surface area contributed by atoms with Gasteiger partial charge < -0.3 is 10.6 Å². The number of halogens is 2. The molecule has 0 fully saturated rings. The molecule has 0 unspecified atom stereocenters. The lowest BCUT2D eigenvalue weighted by Gasteiger charge is -2.09. The Hall–Kier alpha value is -2.84. The maximum absolute atomic E-state index is 13.7. The molecule has 2 amide bonds. The zero-order valence-electron chi connectivity index (χ0n) is 11.9. The average molecular weight is 309 g/mol. The summed E-state index contributed by atoms with van der Waals surface area (Å²) < 4.78 is 28.2. The molecule has 0 aliphatic rings. The molecule has 2 aromatic rings. The van der Waals surface area contributed by atoms with Gasteiger partial charge >= 0.3 is 0 Å². The van der Waals surface area contributed by atoms with Crippen LogP contribution in [0.15, 0.2) is 18.2 Å². The van der Waals surface area contributed by atoms with Gasteiger partial charge in [0, 0.05) is 19.7 Å². The van der Waals surface area contributed by atoms with E-state index in [4.69, 9.17) is 5.73 Å². The third-order valence-corrected chi connectivity index (χ3v) is 2.95. The predicted molar refractivity (Wildman–Crippen MR) is 72.0 cm³/mol. The molecule has 0 saturated carbocycles. The number of nitrogens with two attached hydrogens (primary N) is 1. The third-order valence-electron chi connectivity index (χ3n) is 2.95. The molecular weight excluding hydrogens is 296 g/mol. The Kier molecular flexibility index (Phi) is 4.15. The number of nitrogens with zero attached hydrogens (tertiary/aromatic N) is 4. The fourth-order valence-corrected chi connectivity index (χ4v) is 1.86. The van der Waals surface area contributed by atoms with Crippen LogP contribution in [0.1, 0.15) is 26.5 Å². The van der Waals surface area contributed by atoms with Gasteiger partial charge in [0.1, 0.15) is 11.6 Å². The van der Waals surface area contributed by atoms with Crippen LogP contribution in [-0.4, -0.2) is 45.8 Å². The van der Waals surface area contributed by atoms with Gasteiger partial charge in [-0.1, -0.05) is 11.3 Å². The van der Waals surface area contributed by atoms with Crippen LogP contribution in [0, 0.1) is 11.6 Å². The van der Waals surface area contributed by atoms with E-state index >= 15 is 0 Å². The van der Waals surface area contributed by atoms with Crippen molar-refractivity contribution in [2.75, 3.05) is 14.1 Å². The van der Waals surface area contributed by atoms with Crippen molar-refractivity contribution in [1.82, 2.24) is 19.9 Å². The van der Waals surface area contributed by atoms with Crippen molar-refractivity contribution in [3.63, 3.8) is 0 Å². The molecule has 0 bridgehead atoms. The Morgan fingerprint density at radius 2 is 1.86 bits per heavy atom. The van der Waals surface area contributed by atoms with E-state index in [2.05, 4.69) is 10.3 Å². The third kappa shape index (κ3) is 2.78. The molecule has 0 aliphatic heterocycles. The largest absolute Gasteiger partial charge is 0.364 e. The van der Waals surface area contributed by atoms with Crippen LogP contribution >= 0.6 is 0 Å². The molecule has 1 aromatic heterocycles. The molecule has 2 rings (SSSR count). The van der Waals surface area contributed by atoms with Gasteiger partial charge in [-0.25, -0.2) is 13.5 Å². The van der Waals surface area contributed by atoms with Crippen molar-refractivity contribution in [3.8, 4) is 0 Å². The van der Waals surface area contributed by atoms with E-state index in [9.17, 15) is 18.4 Å². The highest BCUT2D eigenvalue weighted by molar-refractivity contribution is 6.04. The molecule has 0 spiro atoms. The summed E-state index contributed by atoms with van der Waals surface area (Å²) in [7, 11) is 2.92. The molecule has 22 heavy (non-hydrogen) atoms. The van der Waals surface area contributed by atoms with Gasteiger partial charge in [0.2, 0.25) is 0 Å². The number of benzene rings is 1. The second-order valence-electron chi connectivity index (χ2n) is 4.71. The van der Waals surface area contributed by atoms with Gasteiger partial charge in [0.15, 0.2) is 11.4 Å². The average Bonchev–Trinajstić information content (AvgIpc) is 2.85. The summed E-state index contributed by atoms with van der Waals surface area (Å²) in [5.74, 6) is -3.15. The van der Waals surface area contributed by atoms with Crippen molar-refractivity contribution < 1.29 is 18.4 Å². The van der Waals surface area contributed by atoms with E-state index in [0.29, 0.717) is 0 Å². The summed E-state index contributed by atoms with van der Waals surface area (Å²) in [5.41, 5.74) is 4.35. The summed E-state index contributed by atoms with van der Waals surface area (Å²) in [6.07, 6.45) is 0. The molecule has 0 saturated heterocycles. The first-order valence-electron chi connectivity index (χ1n) is 6.20. The zero-order valence-corrected chi connectivity index (χ0v) is 11.9. The molecule has 2 N–H and O–H groups in total. The van der Waals surface area contributed by atoms with Gasteiger partial charge in [-0.05, 0) is 12.1 Å². The highest BCUT2D eigenvalue weighted by atomic mass is 19.1. The van der Waals surface area contributed by atoms with E-state index in [-0.39, 0.29) is 17.0 Å². The van der Waals surface area contributed by atoms with Crippen LogP contribution in [-0.2, 0) is 6.54 Å². The number of carbonyl (C=O) groups excluding carboxylic acids is 2. The van der Waals surface area contributed by atoms with Crippen LogP contribution in [0.4, 0.5) is 8.78 Å². The van der Waals surface area contributed by atoms with Crippen molar-refractivity contribution in [3.05, 3.63) is 46.8 Å². The van der Waals surface area contributed by atoms with Crippen LogP contribution in [0.2, 0.25) is 0 Å². The number of primary amides is 1. The quantitative estimate of drug-likeness (QED) is 0.885. The standard InChI is InChI=1S/C13H13F2N5O2/c1-19(2)13(22)10-11(12(16)21)20(18-17-10)6-7-8(14)4-3-5-9(7)15/h3-5H,6H2,1-2H3,(H2,16,21). The van der Waals surface area contributed by atoms with Gasteiger partial charge in [0.05, 0.1) is 6.54 Å². The SMILES string of the molecule is CN(C)C(=O)c1nnn(Cc2c(F)cccc2F)c1C(N)=O. The molecule has 116 valence electrons. The minimum Gasteiger partial charge on any atom is -0.364 e. The van der Waals surface area contributed by atoms with E-state index in [1.54, 1.807) is 0 Å². The summed E-state index contributed by atoms with van der Waals surface area (Å²) in [6.45, 7) is -0.412. The molecule has 0 aliphatic carbocycles. The van der Waals surface area contributed by atoms with Crippen molar-refractivity contribution >= 4 is 11.8 Å². The Bertz CT molecular complexity index is 722. The maximum atomic E-state index is 13.7. The predicted octanol–water partition coefficient (Wildman–Crippen LogP) is 0.405. The van der Waals surface area contributed by atoms with Crippen molar-refractivity contribution in [1.29, 1.82) is 0 Å². The van der Waals surface area contributed by atoms with Gasteiger partial charge in [0.25, 0.3) is 11.8 Å². The molecule has 0 radical (unpaired) electrons. The molecule has 9 heteroatoms. The van der Waals surface area contributed by atoms with Gasteiger partial charge in [-0.3, -0.25) is 9.59 Å². The lowest BCUT2D eigenvalue weighted by molar-refractivity contribution is 0.0814. The zero-order chi connectivity index (χ0) is 16.4. The second-order valence-corrected chi connectivity index (χ2v) is 4.71. The molecule has 7 nitrogen and oxygen atoms in total. The fourth-order valence-electron chi connectivity index (χ4n) is 1.86. The topological polar surface area (TPSA) is 94.1 Å². The number of rotatable bonds is 4. The monoisotopic (exact) mass is 309 g/mol. The summed E-state index contributed by atoms with van der Waals surface area (Å²) >= 11 is 0. The van der Waals surface area contributed by atoms with Crippen molar-refractivity contribution in [2.24, 2.45) is 5.73 Å². The van der Waals surface area contributed by atoms with Crippen LogP contribution < -0.4 is 5.73 Å². The Labute approximate surface area is 124 Å². The second kappa shape index (κ2) is 5.88. The van der Waals surface area contributed by atoms with Crippen molar-refractivity contribution in [2.45, 2.75) is 6.54 Å². The molecular formula is C13H13F2N5O2. The highest BCUT2D eigenvalue weighted by Gasteiger charge is 2.25. The molecule has 1 heterocycles. The van der Waals surface area contributed by atoms with Crippen LogP contribution in [0.3, 0.4) is 0 Å². The fraction of sp³-hybridized carbons (Fsp3) is 0.231. The summed E-state index contributed by atoms with van der Waals surface area (Å²) in [5, 5.41) is 7.19. The maximum Gasteiger partial charge on any atom is 0.276 e. The van der Waals surface area contributed by atoms with E-state index in [1.165, 1.54) is 25.1 Å². The number of aromatic nitrogens is 3. The summed E-state index contributed by atoms with van der Waals surface area (Å²) in [6, 6.07) is 3.36. The van der Waals surface area contributed by atoms with E-state index < -0.39 is 30.0 Å². The highest BCUT2D eigenvalue weighted by Crippen LogP contribution is 2.15. The smallest absolute Gasteiger partial charge is 0.276 e. The number of hydrogen-bond acceptors (Lipinski definition) is 4. The van der Waals surface area contributed by atoms with Crippen LogP contribution in [0.5, 0.6) is 0 Å². The summed E-state index contributed by atoms with van der Waals surface area (Å²) in [4.78, 5) is 24.7. The Balaban J connectivity index is 2.49. The Morgan fingerprint density at radius 1 is 1.27 bits per heavy atom. The Morgan fingerprint density at radius 3 is 2.36 bits per heavy atom. The lowest BCUT2D eigenvalue weighted by atomic mass is 10.2. The van der Waals surface area contributed by atoms with Gasteiger partial charge in [-0.2, -0.15) is 0 Å². The normalized spacial score (nSPS) is 10.5. The number of amides is 2. The minimum atomic E-state index is -0.966. The number of hydrogen-bond donors (Lipinski definition) is 1.